The molecule has 0 bridgehead atoms. The smallest absolute Gasteiger partial charge is 0.326 e. The summed E-state index contributed by atoms with van der Waals surface area (Å²) >= 11 is 5.77. The Bertz CT molecular complexity index is 683. The molecule has 120 valence electrons. The molecule has 0 saturated carbocycles. The number of halogens is 1. The maximum Gasteiger partial charge on any atom is 0.326 e. The lowest BCUT2D eigenvalue weighted by Gasteiger charge is -2.15. The van der Waals surface area contributed by atoms with Gasteiger partial charge in [0.05, 0.1) is 7.11 Å². The molecule has 0 unspecified atom stereocenters. The second-order valence-electron chi connectivity index (χ2n) is 4.92. The zero-order valence-corrected chi connectivity index (χ0v) is 13.2. The summed E-state index contributed by atoms with van der Waals surface area (Å²) < 4.78 is 5.06. The van der Waals surface area contributed by atoms with Crippen molar-refractivity contribution in [2.45, 2.75) is 12.5 Å². The number of carboxylic acids is 1. The number of hydrogen-bond acceptors (Lipinski definition) is 3. The first kappa shape index (κ1) is 16.8. The van der Waals surface area contributed by atoms with Crippen molar-refractivity contribution in [1.29, 1.82) is 0 Å². The van der Waals surface area contributed by atoms with Crippen molar-refractivity contribution in [3.63, 3.8) is 0 Å². The number of carboxylic acid groups (broad SMARTS) is 1. The Morgan fingerprint density at radius 2 is 1.74 bits per heavy atom. The van der Waals surface area contributed by atoms with E-state index in [1.54, 1.807) is 55.6 Å². The molecular weight excluding hydrogens is 318 g/mol. The zero-order valence-electron chi connectivity index (χ0n) is 12.5. The fourth-order valence-electron chi connectivity index (χ4n) is 2.04. The number of aliphatic carboxylic acids is 1. The van der Waals surface area contributed by atoms with Crippen molar-refractivity contribution in [3.8, 4) is 5.75 Å². The Balaban J connectivity index is 2.07. The molecule has 1 amide bonds. The predicted molar refractivity (Wildman–Crippen MR) is 87.0 cm³/mol. The molecular formula is C17H16ClNO4. The lowest BCUT2D eigenvalue weighted by molar-refractivity contribution is -0.139. The fraction of sp³-hybridized carbons (Fsp3) is 0.176. The first-order chi connectivity index (χ1) is 11.0. The summed E-state index contributed by atoms with van der Waals surface area (Å²) in [6, 6.07) is 12.3. The van der Waals surface area contributed by atoms with E-state index >= 15 is 0 Å². The van der Waals surface area contributed by atoms with Gasteiger partial charge in [-0.25, -0.2) is 4.79 Å². The molecule has 0 spiro atoms. The molecule has 0 fully saturated rings. The number of carbonyl (C=O) groups is 2. The van der Waals surface area contributed by atoms with Crippen molar-refractivity contribution < 1.29 is 19.4 Å². The highest BCUT2D eigenvalue weighted by atomic mass is 35.5. The molecule has 2 rings (SSSR count). The Morgan fingerprint density at radius 3 is 2.26 bits per heavy atom. The number of ether oxygens (including phenoxy) is 1. The van der Waals surface area contributed by atoms with Gasteiger partial charge >= 0.3 is 5.97 Å². The molecule has 0 aromatic heterocycles. The fourth-order valence-corrected chi connectivity index (χ4v) is 2.17. The Kier molecular flexibility index (Phi) is 5.60. The molecule has 0 aliphatic heterocycles. The lowest BCUT2D eigenvalue weighted by Crippen LogP contribution is -2.42. The standard InChI is InChI=1S/C17H16ClNO4/c1-23-14-8-2-11(3-9-14)10-15(17(21)22)19-16(20)12-4-6-13(18)7-5-12/h2-9,15H,10H2,1H3,(H,19,20)(H,21,22)/t15-/m1/s1. The van der Waals surface area contributed by atoms with E-state index in [1.165, 1.54) is 0 Å². The van der Waals surface area contributed by atoms with Gasteiger partial charge in [-0.2, -0.15) is 0 Å². The van der Waals surface area contributed by atoms with Crippen LogP contribution in [-0.4, -0.2) is 30.1 Å². The summed E-state index contributed by atoms with van der Waals surface area (Å²) in [7, 11) is 1.56. The van der Waals surface area contributed by atoms with E-state index in [0.717, 1.165) is 5.56 Å². The molecule has 5 nitrogen and oxygen atoms in total. The number of methoxy groups -OCH3 is 1. The van der Waals surface area contributed by atoms with Crippen LogP contribution in [0, 0.1) is 0 Å². The molecule has 23 heavy (non-hydrogen) atoms. The molecule has 1 atom stereocenters. The average Bonchev–Trinajstić information content (AvgIpc) is 2.55. The predicted octanol–water partition coefficient (Wildman–Crippen LogP) is 2.77. The van der Waals surface area contributed by atoms with Crippen molar-refractivity contribution >= 4 is 23.5 Å². The van der Waals surface area contributed by atoms with Gasteiger partial charge in [0.15, 0.2) is 0 Å². The van der Waals surface area contributed by atoms with Crippen molar-refractivity contribution in [2.24, 2.45) is 0 Å². The van der Waals surface area contributed by atoms with Gasteiger partial charge in [0, 0.05) is 17.0 Å². The minimum absolute atomic E-state index is 0.179. The monoisotopic (exact) mass is 333 g/mol. The maximum absolute atomic E-state index is 12.1. The normalized spacial score (nSPS) is 11.6. The van der Waals surface area contributed by atoms with Gasteiger partial charge in [0.2, 0.25) is 0 Å². The van der Waals surface area contributed by atoms with Crippen LogP contribution in [0.15, 0.2) is 48.5 Å². The van der Waals surface area contributed by atoms with Crippen LogP contribution in [0.3, 0.4) is 0 Å². The van der Waals surface area contributed by atoms with Crippen LogP contribution < -0.4 is 10.1 Å². The van der Waals surface area contributed by atoms with E-state index in [4.69, 9.17) is 16.3 Å². The van der Waals surface area contributed by atoms with Crippen LogP contribution in [0.4, 0.5) is 0 Å². The van der Waals surface area contributed by atoms with Gasteiger partial charge in [-0.15, -0.1) is 0 Å². The third-order valence-corrected chi connectivity index (χ3v) is 3.56. The Labute approximate surface area is 138 Å². The number of rotatable bonds is 6. The summed E-state index contributed by atoms with van der Waals surface area (Å²) in [5.41, 5.74) is 1.14. The Morgan fingerprint density at radius 1 is 1.13 bits per heavy atom. The van der Waals surface area contributed by atoms with Crippen LogP contribution in [-0.2, 0) is 11.2 Å². The summed E-state index contributed by atoms with van der Waals surface area (Å²) in [4.78, 5) is 23.5. The number of amides is 1. The Hall–Kier alpha value is -2.53. The van der Waals surface area contributed by atoms with Crippen molar-refractivity contribution in [3.05, 3.63) is 64.7 Å². The van der Waals surface area contributed by atoms with Crippen LogP contribution >= 0.6 is 11.6 Å². The molecule has 2 aromatic carbocycles. The average molecular weight is 334 g/mol. The van der Waals surface area contributed by atoms with E-state index in [0.29, 0.717) is 16.3 Å². The molecule has 0 aliphatic rings. The summed E-state index contributed by atoms with van der Waals surface area (Å²) in [5, 5.41) is 12.3. The zero-order chi connectivity index (χ0) is 16.8. The van der Waals surface area contributed by atoms with Crippen LogP contribution in [0.5, 0.6) is 5.75 Å². The quantitative estimate of drug-likeness (QED) is 0.852. The molecule has 6 heteroatoms. The van der Waals surface area contributed by atoms with Crippen LogP contribution in [0.25, 0.3) is 0 Å². The molecule has 2 N–H and O–H groups in total. The third kappa shape index (κ3) is 4.72. The van der Waals surface area contributed by atoms with Gasteiger partial charge in [0.1, 0.15) is 11.8 Å². The summed E-state index contributed by atoms with van der Waals surface area (Å²) in [5.74, 6) is -0.864. The van der Waals surface area contributed by atoms with E-state index in [1.807, 2.05) is 0 Å². The minimum Gasteiger partial charge on any atom is -0.497 e. The topological polar surface area (TPSA) is 75.6 Å². The van der Waals surface area contributed by atoms with Crippen LogP contribution in [0.2, 0.25) is 5.02 Å². The van der Waals surface area contributed by atoms with Gasteiger partial charge in [-0.3, -0.25) is 4.79 Å². The van der Waals surface area contributed by atoms with Gasteiger partial charge in [-0.05, 0) is 42.0 Å². The minimum atomic E-state index is -1.09. The molecule has 0 radical (unpaired) electrons. The summed E-state index contributed by atoms with van der Waals surface area (Å²) in [6.07, 6.45) is 0.179. The number of nitrogens with one attached hydrogen (secondary N) is 1. The molecule has 0 aliphatic carbocycles. The van der Waals surface area contributed by atoms with Gasteiger partial charge < -0.3 is 15.2 Å². The van der Waals surface area contributed by atoms with E-state index in [-0.39, 0.29) is 6.42 Å². The van der Waals surface area contributed by atoms with E-state index in [9.17, 15) is 14.7 Å². The van der Waals surface area contributed by atoms with Crippen molar-refractivity contribution in [1.82, 2.24) is 5.32 Å². The highest BCUT2D eigenvalue weighted by Crippen LogP contribution is 2.14. The highest BCUT2D eigenvalue weighted by molar-refractivity contribution is 6.30. The lowest BCUT2D eigenvalue weighted by atomic mass is 10.1. The SMILES string of the molecule is COc1ccc(C[C@@H](NC(=O)c2ccc(Cl)cc2)C(=O)O)cc1. The molecule has 2 aromatic rings. The number of carbonyl (C=O) groups excluding carboxylic acids is 1. The van der Waals surface area contributed by atoms with Gasteiger partial charge in [0.25, 0.3) is 5.91 Å². The second kappa shape index (κ2) is 7.65. The maximum atomic E-state index is 12.1. The number of hydrogen-bond donors (Lipinski definition) is 2. The van der Waals surface area contributed by atoms with Gasteiger partial charge in [-0.1, -0.05) is 23.7 Å². The number of benzene rings is 2. The van der Waals surface area contributed by atoms with Crippen molar-refractivity contribution in [2.75, 3.05) is 7.11 Å². The second-order valence-corrected chi connectivity index (χ2v) is 5.36. The van der Waals surface area contributed by atoms with E-state index < -0.39 is 17.9 Å². The first-order valence-corrected chi connectivity index (χ1v) is 7.29. The molecule has 0 heterocycles. The van der Waals surface area contributed by atoms with E-state index in [2.05, 4.69) is 5.32 Å². The summed E-state index contributed by atoms with van der Waals surface area (Å²) in [6.45, 7) is 0. The molecule has 0 saturated heterocycles. The van der Waals surface area contributed by atoms with Crippen LogP contribution in [0.1, 0.15) is 15.9 Å². The largest absolute Gasteiger partial charge is 0.497 e. The first-order valence-electron chi connectivity index (χ1n) is 6.92. The highest BCUT2D eigenvalue weighted by Gasteiger charge is 2.21. The third-order valence-electron chi connectivity index (χ3n) is 3.31.